The van der Waals surface area contributed by atoms with E-state index in [1.807, 2.05) is 6.07 Å². The zero-order chi connectivity index (χ0) is 73.7. The lowest BCUT2D eigenvalue weighted by Crippen LogP contribution is -2.36. The zero-order valence-corrected chi connectivity index (χ0v) is 56.9. The van der Waals surface area contributed by atoms with Gasteiger partial charge in [-0.25, -0.2) is 0 Å². The van der Waals surface area contributed by atoms with Crippen LogP contribution in [0.4, 0.5) is 32.0 Å². The fourth-order valence-corrected chi connectivity index (χ4v) is 9.81. The molecular weight excluding hydrogens is 1330 g/mol. The normalized spacial score (nSPS) is 11.7. The van der Waals surface area contributed by atoms with Gasteiger partial charge in [0.1, 0.15) is 11.1 Å². The summed E-state index contributed by atoms with van der Waals surface area (Å²) >= 11 is 0. The van der Waals surface area contributed by atoms with Gasteiger partial charge in [-0.05, 0) is 124 Å². The number of nitrogens with zero attached hydrogens (tertiary/aromatic N) is 5. The van der Waals surface area contributed by atoms with E-state index in [1.54, 1.807) is 75.2 Å². The first-order valence-corrected chi connectivity index (χ1v) is 32.4. The van der Waals surface area contributed by atoms with E-state index in [-0.39, 0.29) is 196 Å². The van der Waals surface area contributed by atoms with Crippen molar-refractivity contribution in [3.63, 3.8) is 0 Å². The van der Waals surface area contributed by atoms with E-state index in [9.17, 15) is 60.4 Å². The van der Waals surface area contributed by atoms with E-state index in [2.05, 4.69) is 40.5 Å². The molecule has 0 saturated heterocycles. The lowest BCUT2D eigenvalue weighted by atomic mass is 9.98. The first-order chi connectivity index (χ1) is 48.4. The molecule has 0 fully saturated rings. The van der Waals surface area contributed by atoms with Crippen LogP contribution in [0.1, 0.15) is 92.5 Å². The van der Waals surface area contributed by atoms with E-state index in [4.69, 9.17) is 43.2 Å². The van der Waals surface area contributed by atoms with Crippen LogP contribution in [0.15, 0.2) is 131 Å². The molecule has 4 amide bonds. The van der Waals surface area contributed by atoms with Crippen molar-refractivity contribution in [1.29, 1.82) is 10.5 Å². The third kappa shape index (κ3) is 27.5. The van der Waals surface area contributed by atoms with Crippen LogP contribution in [0.3, 0.4) is 0 Å². The Kier molecular flexibility index (Phi) is 35.1. The van der Waals surface area contributed by atoms with Crippen molar-refractivity contribution < 1.29 is 83.4 Å². The molecule has 0 bridgehead atoms. The minimum absolute atomic E-state index is 0.00112. The van der Waals surface area contributed by atoms with Gasteiger partial charge in [0.05, 0.1) is 135 Å². The number of allylic oxidation sites excluding steroid dienone is 5. The Labute approximate surface area is 581 Å². The van der Waals surface area contributed by atoms with Crippen LogP contribution in [0, 0.1) is 36.5 Å². The summed E-state index contributed by atoms with van der Waals surface area (Å²) in [6, 6.07) is 22.0. The van der Waals surface area contributed by atoms with Crippen molar-refractivity contribution >= 4 is 40.6 Å². The Morgan fingerprint density at radius 2 is 0.901 bits per heavy atom. The highest BCUT2D eigenvalue weighted by Crippen LogP contribution is 2.34. The fourth-order valence-electron chi connectivity index (χ4n) is 9.81. The molecule has 2 heterocycles. The van der Waals surface area contributed by atoms with Gasteiger partial charge in [0.2, 0.25) is 11.8 Å². The summed E-state index contributed by atoms with van der Waals surface area (Å²) in [4.78, 5) is 80.9. The van der Waals surface area contributed by atoms with Gasteiger partial charge in [0.25, 0.3) is 22.9 Å². The van der Waals surface area contributed by atoms with Crippen molar-refractivity contribution in [2.24, 2.45) is 0 Å². The average molecular weight is 1410 g/mol. The molecule has 0 aliphatic rings. The number of anilines is 1. The third-order valence-electron chi connectivity index (χ3n) is 15.0. The number of carbonyl (C=O) groups excluding carboxylic acids is 4. The van der Waals surface area contributed by atoms with Crippen LogP contribution in [0.5, 0.6) is 0 Å². The van der Waals surface area contributed by atoms with Crippen molar-refractivity contribution in [2.75, 3.05) is 144 Å². The van der Waals surface area contributed by atoms with E-state index in [1.165, 1.54) is 36.4 Å². The van der Waals surface area contributed by atoms with Crippen molar-refractivity contribution in [1.82, 2.24) is 30.4 Å². The number of pyridine rings is 2. The highest BCUT2D eigenvalue weighted by atomic mass is 19.4. The molecule has 0 unspecified atom stereocenters. The van der Waals surface area contributed by atoms with Gasteiger partial charge >= 0.3 is 12.4 Å². The van der Waals surface area contributed by atoms with E-state index >= 15 is 0 Å². The molecule has 2 aromatic heterocycles. The summed E-state index contributed by atoms with van der Waals surface area (Å²) < 4.78 is 129. The predicted molar refractivity (Wildman–Crippen MR) is 365 cm³/mol. The molecule has 0 aliphatic heterocycles. The summed E-state index contributed by atoms with van der Waals surface area (Å²) in [5.41, 5.74) is -0.578. The van der Waals surface area contributed by atoms with Gasteiger partial charge < -0.3 is 64.1 Å². The number of aromatic nitrogens is 2. The molecule has 101 heavy (non-hydrogen) atoms. The van der Waals surface area contributed by atoms with Gasteiger partial charge in [0, 0.05) is 91.4 Å². The Morgan fingerprint density at radius 1 is 0.525 bits per heavy atom. The standard InChI is InChI=1S/C72H85F6N9O14/c1-7-64(85(6)57-20-18-54(49-80)19-21-57)61-47-63(70(93)87(53(61)5)59-17-11-15-56(45-59)72(76,77)78)68(91)84-27-31-97-35-39-101-43-41-99-37-33-95-29-25-82-66(89)23-22-65(88)81-24-28-94-32-36-98-40-42-100-38-34-96-30-26-83-67(90)62-46-60(51(3)13-9-8-12-50(2)48-79)52(4)86(69(62)92)58-16-10-14-55(44-58)71(73,74)75/h7-8,10-12,14-21,44-47H,2-3,9,13,22-43H2,1,4-6H3,(H,81,88)(H,82,89)(H,83,90)(H,84,91)/b12-8-,64-7-. The smallest absolute Gasteiger partial charge is 0.377 e. The maximum atomic E-state index is 14.0. The summed E-state index contributed by atoms with van der Waals surface area (Å²) in [5, 5.41) is 28.9. The number of ether oxygens (including phenoxy) is 8. The molecule has 0 saturated carbocycles. The SMILES string of the molecule is C=C(C#N)/C=C\CCC(=C)c1cc(C(=O)NCCOCCOCCOCCOCCNC(=O)CCC(=O)NCCOCCOCCOCCOCCNC(=O)c2cc(/C(=C/C)N(C)c3ccc(C#N)cc3)c(C)n(-c3cccc(C(F)(F)F)c3)c2=O)c(=O)n(-c2cccc(C(F)(F)F)c2)c1C. The lowest BCUT2D eigenvalue weighted by Gasteiger charge is -2.26. The monoisotopic (exact) mass is 1410 g/mol. The summed E-state index contributed by atoms with van der Waals surface area (Å²) in [7, 11) is 1.75. The summed E-state index contributed by atoms with van der Waals surface area (Å²) in [6.45, 7) is 16.5. The number of nitriles is 2. The first-order valence-electron chi connectivity index (χ1n) is 32.4. The molecule has 5 aromatic rings. The van der Waals surface area contributed by atoms with Gasteiger partial charge in [-0.15, -0.1) is 0 Å². The number of halogens is 6. The fraction of sp³-hybridized carbons (Fsp3) is 0.417. The van der Waals surface area contributed by atoms with Crippen LogP contribution in [0.2, 0.25) is 0 Å². The maximum Gasteiger partial charge on any atom is 0.416 e. The number of hydrogen-bond acceptors (Lipinski definition) is 17. The molecular formula is C72H85F6N9O14. The lowest BCUT2D eigenvalue weighted by molar-refractivity contribution is -0.138. The number of amides is 4. The summed E-state index contributed by atoms with van der Waals surface area (Å²) in [5.74, 6) is -2.15. The minimum atomic E-state index is -4.69. The highest BCUT2D eigenvalue weighted by Gasteiger charge is 2.33. The Hall–Kier alpha value is -9.56. The molecule has 0 radical (unpaired) electrons. The van der Waals surface area contributed by atoms with Crippen LogP contribution >= 0.6 is 0 Å². The number of benzene rings is 3. The maximum absolute atomic E-state index is 14.0. The molecule has 0 spiro atoms. The average Bonchev–Trinajstić information content (AvgIpc) is 0.771. The second kappa shape index (κ2) is 43.2. The zero-order valence-electron chi connectivity index (χ0n) is 56.9. The Bertz CT molecular complexity index is 3860. The van der Waals surface area contributed by atoms with E-state index in [0.29, 0.717) is 46.5 Å². The number of hydrogen-bond donors (Lipinski definition) is 4. The van der Waals surface area contributed by atoms with Crippen molar-refractivity contribution in [3.05, 3.63) is 193 Å². The molecule has 29 heteroatoms. The highest BCUT2D eigenvalue weighted by molar-refractivity contribution is 5.96. The molecule has 0 aliphatic carbocycles. The first kappa shape index (κ1) is 82.1. The van der Waals surface area contributed by atoms with Gasteiger partial charge in [0.15, 0.2) is 0 Å². The van der Waals surface area contributed by atoms with Crippen LogP contribution in [0.25, 0.3) is 22.6 Å². The quantitative estimate of drug-likeness (QED) is 0.0123. The molecule has 3 aromatic carbocycles. The van der Waals surface area contributed by atoms with Crippen molar-refractivity contribution in [2.45, 2.75) is 58.8 Å². The third-order valence-corrected chi connectivity index (χ3v) is 15.0. The molecule has 4 N–H and O–H groups in total. The second-order valence-electron chi connectivity index (χ2n) is 22.2. The van der Waals surface area contributed by atoms with Gasteiger partial charge in [-0.3, -0.25) is 37.9 Å². The van der Waals surface area contributed by atoms with E-state index in [0.717, 1.165) is 33.4 Å². The van der Waals surface area contributed by atoms with E-state index < -0.39 is 46.4 Å². The molecule has 5 rings (SSSR count). The number of carbonyl (C=O) groups is 4. The molecule has 0 atom stereocenters. The topological polar surface area (TPSA) is 285 Å². The van der Waals surface area contributed by atoms with Crippen LogP contribution in [-0.4, -0.2) is 172 Å². The number of alkyl halides is 6. The number of rotatable bonds is 45. The number of nitrogens with one attached hydrogen (secondary N) is 4. The Balaban J connectivity index is 0.837. The van der Waals surface area contributed by atoms with Crippen LogP contribution in [-0.2, 0) is 59.8 Å². The summed E-state index contributed by atoms with van der Waals surface area (Å²) in [6.07, 6.45) is -3.62. The van der Waals surface area contributed by atoms with Gasteiger partial charge in [-0.1, -0.05) is 37.4 Å². The largest absolute Gasteiger partial charge is 0.416 e. The predicted octanol–water partition coefficient (Wildman–Crippen LogP) is 8.75. The molecule has 23 nitrogen and oxygen atoms in total. The Morgan fingerprint density at radius 3 is 1.28 bits per heavy atom. The van der Waals surface area contributed by atoms with Crippen molar-refractivity contribution in [3.8, 4) is 23.5 Å². The molecule has 544 valence electrons. The minimum Gasteiger partial charge on any atom is -0.377 e. The van der Waals surface area contributed by atoms with Gasteiger partial charge in [-0.2, -0.15) is 36.9 Å². The second-order valence-corrected chi connectivity index (χ2v) is 22.2. The van der Waals surface area contributed by atoms with Crippen LogP contribution < -0.4 is 37.3 Å².